The van der Waals surface area contributed by atoms with Crippen LogP contribution in [-0.4, -0.2) is 14.5 Å². The molecule has 1 aromatic carbocycles. The van der Waals surface area contributed by atoms with Gasteiger partial charge in [0.25, 0.3) is 0 Å². The molecule has 0 fully saturated rings. The van der Waals surface area contributed by atoms with E-state index in [0.29, 0.717) is 12.1 Å². The highest BCUT2D eigenvalue weighted by Crippen LogP contribution is 2.26. The highest BCUT2D eigenvalue weighted by atomic mass is 19.1. The zero-order chi connectivity index (χ0) is 16.1. The number of hydrogen-bond acceptors (Lipinski definition) is 1. The maximum atomic E-state index is 14.4. The first-order valence-corrected chi connectivity index (χ1v) is 7.71. The van der Waals surface area contributed by atoms with Crippen LogP contribution in [-0.2, 0) is 6.54 Å². The van der Waals surface area contributed by atoms with E-state index in [9.17, 15) is 4.39 Å². The minimum atomic E-state index is -0.167. The monoisotopic (exact) mass is 307 g/mol. The number of aryl methyl sites for hydroxylation is 3. The molecule has 3 nitrogen and oxygen atoms in total. The van der Waals surface area contributed by atoms with Crippen molar-refractivity contribution < 1.29 is 4.39 Å². The molecule has 0 aliphatic carbocycles. The Morgan fingerprint density at radius 2 is 1.91 bits per heavy atom. The van der Waals surface area contributed by atoms with Gasteiger partial charge in [-0.1, -0.05) is 0 Å². The Kier molecular flexibility index (Phi) is 3.01. The molecule has 0 amide bonds. The molecule has 0 aliphatic rings. The number of nitrogens with zero attached hydrogens (tertiary/aromatic N) is 2. The lowest BCUT2D eigenvalue weighted by Crippen LogP contribution is -2.00. The largest absolute Gasteiger partial charge is 0.346 e. The van der Waals surface area contributed by atoms with E-state index in [2.05, 4.69) is 23.0 Å². The van der Waals surface area contributed by atoms with Crippen molar-refractivity contribution >= 4 is 21.9 Å². The zero-order valence-electron chi connectivity index (χ0n) is 13.4. The Bertz CT molecular complexity index is 1040. The lowest BCUT2D eigenvalue weighted by molar-refractivity contribution is 0.627. The van der Waals surface area contributed by atoms with Gasteiger partial charge in [0.2, 0.25) is 0 Å². The number of halogens is 1. The van der Waals surface area contributed by atoms with Gasteiger partial charge in [0, 0.05) is 35.9 Å². The van der Waals surface area contributed by atoms with Gasteiger partial charge < -0.3 is 9.55 Å². The standard InChI is InChI=1S/C19H18FN3/c1-11-4-15-13(3)9-23(18(15)17(20)5-11)10-14-6-16-12(2)7-21-19(16)22-8-14/h4-9H,10H2,1-3H3,(H,21,22). The van der Waals surface area contributed by atoms with E-state index in [4.69, 9.17) is 0 Å². The minimum absolute atomic E-state index is 0.167. The zero-order valence-corrected chi connectivity index (χ0v) is 13.4. The lowest BCUT2D eigenvalue weighted by atomic mass is 10.1. The third-order valence-corrected chi connectivity index (χ3v) is 4.42. The summed E-state index contributed by atoms with van der Waals surface area (Å²) in [6, 6.07) is 5.76. The molecule has 0 bridgehead atoms. The molecular weight excluding hydrogens is 289 g/mol. The third-order valence-electron chi connectivity index (χ3n) is 4.42. The predicted octanol–water partition coefficient (Wildman–Crippen LogP) is 4.63. The predicted molar refractivity (Wildman–Crippen MR) is 91.3 cm³/mol. The summed E-state index contributed by atoms with van der Waals surface area (Å²) in [4.78, 5) is 7.61. The van der Waals surface area contributed by atoms with Gasteiger partial charge in [-0.3, -0.25) is 0 Å². The SMILES string of the molecule is Cc1cc(F)c2c(c1)c(C)cn2Cc1cnc2[nH]cc(C)c2c1. The van der Waals surface area contributed by atoms with Crippen molar-refractivity contribution in [2.75, 3.05) is 0 Å². The molecule has 4 aromatic rings. The second-order valence-corrected chi connectivity index (χ2v) is 6.29. The number of benzene rings is 1. The molecule has 1 N–H and O–H groups in total. The minimum Gasteiger partial charge on any atom is -0.346 e. The maximum Gasteiger partial charge on any atom is 0.147 e. The van der Waals surface area contributed by atoms with Crippen LogP contribution >= 0.6 is 0 Å². The molecular formula is C19H18FN3. The lowest BCUT2D eigenvalue weighted by Gasteiger charge is -2.07. The van der Waals surface area contributed by atoms with Gasteiger partial charge in [-0.25, -0.2) is 9.37 Å². The molecule has 0 atom stereocenters. The fraction of sp³-hybridized carbons (Fsp3) is 0.211. The molecule has 0 aliphatic heterocycles. The summed E-state index contributed by atoms with van der Waals surface area (Å²) in [5.74, 6) is -0.167. The summed E-state index contributed by atoms with van der Waals surface area (Å²) >= 11 is 0. The van der Waals surface area contributed by atoms with E-state index in [1.807, 2.05) is 43.1 Å². The Morgan fingerprint density at radius 1 is 1.09 bits per heavy atom. The smallest absolute Gasteiger partial charge is 0.147 e. The normalized spacial score (nSPS) is 11.7. The van der Waals surface area contributed by atoms with E-state index in [1.165, 1.54) is 5.56 Å². The Balaban J connectivity index is 1.84. The van der Waals surface area contributed by atoms with Crippen LogP contribution in [0.2, 0.25) is 0 Å². The fourth-order valence-corrected chi connectivity index (χ4v) is 3.28. The second kappa shape index (κ2) is 4.95. The van der Waals surface area contributed by atoms with E-state index < -0.39 is 0 Å². The first kappa shape index (κ1) is 14.0. The Labute approximate surface area is 133 Å². The van der Waals surface area contributed by atoms with Gasteiger partial charge in [0.15, 0.2) is 0 Å². The molecule has 0 saturated carbocycles. The number of rotatable bonds is 2. The number of fused-ring (bicyclic) bond motifs is 2. The molecule has 116 valence electrons. The number of aromatic nitrogens is 3. The van der Waals surface area contributed by atoms with E-state index in [-0.39, 0.29) is 5.82 Å². The topological polar surface area (TPSA) is 33.6 Å². The van der Waals surface area contributed by atoms with Crippen LogP contribution in [0.4, 0.5) is 4.39 Å². The summed E-state index contributed by atoms with van der Waals surface area (Å²) < 4.78 is 16.4. The van der Waals surface area contributed by atoms with Crippen molar-refractivity contribution in [1.29, 1.82) is 0 Å². The molecule has 0 saturated heterocycles. The molecule has 4 rings (SSSR count). The fourth-order valence-electron chi connectivity index (χ4n) is 3.28. The first-order chi connectivity index (χ1) is 11.0. The number of nitrogens with one attached hydrogen (secondary N) is 1. The van der Waals surface area contributed by atoms with Crippen molar-refractivity contribution in [3.63, 3.8) is 0 Å². The van der Waals surface area contributed by atoms with Gasteiger partial charge >= 0.3 is 0 Å². The van der Waals surface area contributed by atoms with Crippen molar-refractivity contribution in [1.82, 2.24) is 14.5 Å². The quantitative estimate of drug-likeness (QED) is 0.575. The van der Waals surface area contributed by atoms with Crippen LogP contribution in [0, 0.1) is 26.6 Å². The first-order valence-electron chi connectivity index (χ1n) is 7.71. The van der Waals surface area contributed by atoms with Crippen molar-refractivity contribution in [3.8, 4) is 0 Å². The number of H-pyrrole nitrogens is 1. The second-order valence-electron chi connectivity index (χ2n) is 6.29. The molecule has 0 unspecified atom stereocenters. The highest BCUT2D eigenvalue weighted by Gasteiger charge is 2.12. The molecule has 23 heavy (non-hydrogen) atoms. The van der Waals surface area contributed by atoms with E-state index >= 15 is 0 Å². The Morgan fingerprint density at radius 3 is 2.74 bits per heavy atom. The molecule has 0 spiro atoms. The van der Waals surface area contributed by atoms with Gasteiger partial charge in [0.05, 0.1) is 5.52 Å². The van der Waals surface area contributed by atoms with Crippen LogP contribution in [0.25, 0.3) is 21.9 Å². The van der Waals surface area contributed by atoms with Gasteiger partial charge in [0.1, 0.15) is 11.5 Å². The number of hydrogen-bond donors (Lipinski definition) is 1. The van der Waals surface area contributed by atoms with Crippen LogP contribution in [0.5, 0.6) is 0 Å². The summed E-state index contributed by atoms with van der Waals surface area (Å²) in [6.07, 6.45) is 5.83. The number of aromatic amines is 1. The van der Waals surface area contributed by atoms with Crippen LogP contribution in [0.15, 0.2) is 36.8 Å². The summed E-state index contributed by atoms with van der Waals surface area (Å²) in [5.41, 5.74) is 5.83. The van der Waals surface area contributed by atoms with Crippen molar-refractivity contribution in [2.45, 2.75) is 27.3 Å². The van der Waals surface area contributed by atoms with Gasteiger partial charge in [-0.2, -0.15) is 0 Å². The van der Waals surface area contributed by atoms with Gasteiger partial charge in [-0.05, 0) is 61.2 Å². The van der Waals surface area contributed by atoms with Crippen molar-refractivity contribution in [2.24, 2.45) is 0 Å². The molecule has 4 heteroatoms. The van der Waals surface area contributed by atoms with Crippen LogP contribution in [0.3, 0.4) is 0 Å². The van der Waals surface area contributed by atoms with Crippen LogP contribution in [0.1, 0.15) is 22.3 Å². The summed E-state index contributed by atoms with van der Waals surface area (Å²) in [6.45, 7) is 6.61. The highest BCUT2D eigenvalue weighted by molar-refractivity contribution is 5.85. The maximum absolute atomic E-state index is 14.4. The summed E-state index contributed by atoms with van der Waals surface area (Å²) in [7, 11) is 0. The molecule has 3 heterocycles. The van der Waals surface area contributed by atoms with E-state index in [0.717, 1.165) is 33.1 Å². The molecule has 3 aromatic heterocycles. The average molecular weight is 307 g/mol. The number of pyridine rings is 1. The molecule has 0 radical (unpaired) electrons. The average Bonchev–Trinajstić information content (AvgIpc) is 3.01. The van der Waals surface area contributed by atoms with E-state index in [1.54, 1.807) is 6.07 Å². The van der Waals surface area contributed by atoms with Crippen molar-refractivity contribution in [3.05, 3.63) is 64.9 Å². The third kappa shape index (κ3) is 2.22. The Hall–Kier alpha value is -2.62. The van der Waals surface area contributed by atoms with Crippen LogP contribution < -0.4 is 0 Å². The summed E-state index contributed by atoms with van der Waals surface area (Å²) in [5, 5.41) is 2.10. The van der Waals surface area contributed by atoms with Gasteiger partial charge in [-0.15, -0.1) is 0 Å².